The summed E-state index contributed by atoms with van der Waals surface area (Å²) in [5, 5.41) is 18.1. The number of benzene rings is 1. The summed E-state index contributed by atoms with van der Waals surface area (Å²) in [5.41, 5.74) is 5.52. The van der Waals surface area contributed by atoms with Crippen molar-refractivity contribution in [2.75, 3.05) is 0 Å². The zero-order chi connectivity index (χ0) is 14.7. The largest absolute Gasteiger partial charge is 0.457 e. The molecule has 2 aromatic rings. The molecule has 3 N–H and O–H groups in total. The van der Waals surface area contributed by atoms with Crippen LogP contribution >= 0.6 is 15.9 Å². The maximum absolute atomic E-state index is 10.8. The fraction of sp³-hybridized carbons (Fsp3) is 0. The number of nitrogens with one attached hydrogen (secondary N) is 1. The quantitative estimate of drug-likeness (QED) is 0.385. The van der Waals surface area contributed by atoms with Crippen LogP contribution in [0.1, 0.15) is 5.69 Å². The Hall–Kier alpha value is -2.48. The van der Waals surface area contributed by atoms with Crippen molar-refractivity contribution in [3.05, 3.63) is 56.8 Å². The first kappa shape index (κ1) is 13.9. The predicted molar refractivity (Wildman–Crippen MR) is 76.1 cm³/mol. The fourth-order valence-electron chi connectivity index (χ4n) is 1.47. The molecular weight excluding hydrogens is 328 g/mol. The van der Waals surface area contributed by atoms with Crippen LogP contribution in [0.2, 0.25) is 0 Å². The smallest absolute Gasteiger partial charge is 0.274 e. The first-order valence-electron chi connectivity index (χ1n) is 5.39. The second kappa shape index (κ2) is 5.66. The summed E-state index contributed by atoms with van der Waals surface area (Å²) in [4.78, 5) is 14.2. The van der Waals surface area contributed by atoms with Gasteiger partial charge in [0.1, 0.15) is 23.0 Å². The van der Waals surface area contributed by atoms with Gasteiger partial charge in [-0.15, -0.1) is 0 Å². The van der Waals surface area contributed by atoms with Crippen LogP contribution < -0.4 is 10.5 Å². The minimum atomic E-state index is -0.509. The molecule has 0 spiro atoms. The van der Waals surface area contributed by atoms with Gasteiger partial charge in [-0.2, -0.15) is 0 Å². The van der Waals surface area contributed by atoms with Crippen LogP contribution in [0.3, 0.4) is 0 Å². The number of nitro groups is 1. The fourth-order valence-corrected chi connectivity index (χ4v) is 1.93. The number of halogens is 1. The lowest BCUT2D eigenvalue weighted by atomic mass is 10.3. The number of hydrogen-bond donors (Lipinski definition) is 2. The molecule has 0 atom stereocenters. The summed E-state index contributed by atoms with van der Waals surface area (Å²) < 4.78 is 6.04. The average Bonchev–Trinajstić information content (AvgIpc) is 2.38. The summed E-state index contributed by atoms with van der Waals surface area (Å²) in [6.45, 7) is 0. The molecule has 0 saturated heterocycles. The van der Waals surface area contributed by atoms with E-state index in [1.807, 2.05) is 0 Å². The van der Waals surface area contributed by atoms with E-state index in [1.165, 1.54) is 24.4 Å². The van der Waals surface area contributed by atoms with Crippen LogP contribution in [0.4, 0.5) is 5.69 Å². The SMILES string of the molecule is N=C(N)c1cc(Oc2cc(Br)cc([N+](=O)[O-])c2)ccn1. The number of nitrogens with zero attached hydrogens (tertiary/aromatic N) is 2. The summed E-state index contributed by atoms with van der Waals surface area (Å²) >= 11 is 3.18. The molecule has 0 radical (unpaired) electrons. The Bertz CT molecular complexity index is 690. The van der Waals surface area contributed by atoms with Crippen molar-refractivity contribution in [2.24, 2.45) is 5.73 Å². The van der Waals surface area contributed by atoms with E-state index in [9.17, 15) is 10.1 Å². The lowest BCUT2D eigenvalue weighted by Crippen LogP contribution is -2.12. The van der Waals surface area contributed by atoms with Gasteiger partial charge in [0.05, 0.1) is 11.0 Å². The van der Waals surface area contributed by atoms with Crippen LogP contribution in [0.5, 0.6) is 11.5 Å². The van der Waals surface area contributed by atoms with Crippen molar-refractivity contribution in [3.8, 4) is 11.5 Å². The third-order valence-corrected chi connectivity index (χ3v) is 2.77. The predicted octanol–water partition coefficient (Wildman–Crippen LogP) is 2.83. The molecule has 1 heterocycles. The van der Waals surface area contributed by atoms with E-state index in [-0.39, 0.29) is 17.2 Å². The molecule has 0 unspecified atom stereocenters. The monoisotopic (exact) mass is 336 g/mol. The van der Waals surface area contributed by atoms with Crippen LogP contribution in [0, 0.1) is 15.5 Å². The molecule has 7 nitrogen and oxygen atoms in total. The highest BCUT2D eigenvalue weighted by molar-refractivity contribution is 9.10. The van der Waals surface area contributed by atoms with Crippen molar-refractivity contribution in [1.29, 1.82) is 5.41 Å². The zero-order valence-electron chi connectivity index (χ0n) is 10.0. The van der Waals surface area contributed by atoms with E-state index in [2.05, 4.69) is 20.9 Å². The van der Waals surface area contributed by atoms with Crippen molar-refractivity contribution in [3.63, 3.8) is 0 Å². The van der Waals surface area contributed by atoms with Gasteiger partial charge in [0, 0.05) is 22.8 Å². The molecule has 1 aromatic heterocycles. The molecule has 0 bridgehead atoms. The molecule has 0 aliphatic rings. The number of nitrogens with two attached hydrogens (primary N) is 1. The molecule has 0 fully saturated rings. The Morgan fingerprint density at radius 3 is 2.75 bits per heavy atom. The molecule has 0 saturated carbocycles. The Kier molecular flexibility index (Phi) is 3.94. The van der Waals surface area contributed by atoms with E-state index in [0.29, 0.717) is 16.0 Å². The molecule has 0 amide bonds. The lowest BCUT2D eigenvalue weighted by molar-refractivity contribution is -0.385. The van der Waals surface area contributed by atoms with Crippen molar-refractivity contribution in [1.82, 2.24) is 4.98 Å². The number of non-ortho nitro benzene ring substituents is 1. The first-order chi connectivity index (χ1) is 9.45. The van der Waals surface area contributed by atoms with Gasteiger partial charge in [-0.3, -0.25) is 20.5 Å². The van der Waals surface area contributed by atoms with E-state index < -0.39 is 4.92 Å². The number of aromatic nitrogens is 1. The summed E-state index contributed by atoms with van der Waals surface area (Å²) in [5.74, 6) is 0.500. The Morgan fingerprint density at radius 2 is 2.10 bits per heavy atom. The van der Waals surface area contributed by atoms with Gasteiger partial charge in [0.15, 0.2) is 0 Å². The molecule has 0 aliphatic heterocycles. The molecule has 20 heavy (non-hydrogen) atoms. The average molecular weight is 337 g/mol. The van der Waals surface area contributed by atoms with E-state index in [1.54, 1.807) is 12.1 Å². The topological polar surface area (TPSA) is 115 Å². The lowest BCUT2D eigenvalue weighted by Gasteiger charge is -2.07. The number of hydrogen-bond acceptors (Lipinski definition) is 5. The van der Waals surface area contributed by atoms with Crippen LogP contribution in [-0.2, 0) is 0 Å². The number of nitrogen functional groups attached to an aromatic ring is 1. The van der Waals surface area contributed by atoms with Crippen LogP contribution in [-0.4, -0.2) is 15.7 Å². The highest BCUT2D eigenvalue weighted by atomic mass is 79.9. The maximum atomic E-state index is 10.8. The Morgan fingerprint density at radius 1 is 1.35 bits per heavy atom. The van der Waals surface area contributed by atoms with Gasteiger partial charge < -0.3 is 10.5 Å². The summed E-state index contributed by atoms with van der Waals surface area (Å²) in [6.07, 6.45) is 1.44. The molecule has 2 rings (SSSR count). The minimum absolute atomic E-state index is 0.0878. The zero-order valence-corrected chi connectivity index (χ0v) is 11.6. The van der Waals surface area contributed by atoms with Crippen LogP contribution in [0.25, 0.3) is 0 Å². The maximum Gasteiger partial charge on any atom is 0.274 e. The number of rotatable bonds is 4. The molecule has 102 valence electrons. The Labute approximate surface area is 122 Å². The second-order valence-corrected chi connectivity index (χ2v) is 4.71. The highest BCUT2D eigenvalue weighted by Gasteiger charge is 2.10. The van der Waals surface area contributed by atoms with Crippen LogP contribution in [0.15, 0.2) is 41.0 Å². The number of ether oxygens (including phenoxy) is 1. The highest BCUT2D eigenvalue weighted by Crippen LogP contribution is 2.29. The van der Waals surface area contributed by atoms with Gasteiger partial charge in [-0.1, -0.05) is 15.9 Å². The summed E-state index contributed by atoms with van der Waals surface area (Å²) in [6, 6.07) is 7.33. The van der Waals surface area contributed by atoms with Crippen molar-refractivity contribution < 1.29 is 9.66 Å². The van der Waals surface area contributed by atoms with Crippen molar-refractivity contribution in [2.45, 2.75) is 0 Å². The van der Waals surface area contributed by atoms with Gasteiger partial charge in [-0.05, 0) is 12.1 Å². The standard InChI is InChI=1S/C12H9BrN4O3/c13-7-3-8(17(18)19)5-10(4-7)20-9-1-2-16-11(6-9)12(14)15/h1-6H,(H3,14,15). The van der Waals surface area contributed by atoms with E-state index in [4.69, 9.17) is 15.9 Å². The van der Waals surface area contributed by atoms with Gasteiger partial charge in [0.25, 0.3) is 5.69 Å². The van der Waals surface area contributed by atoms with Gasteiger partial charge in [-0.25, -0.2) is 0 Å². The number of pyridine rings is 1. The van der Waals surface area contributed by atoms with E-state index >= 15 is 0 Å². The third kappa shape index (κ3) is 3.29. The molecule has 0 aliphatic carbocycles. The third-order valence-electron chi connectivity index (χ3n) is 2.31. The first-order valence-corrected chi connectivity index (χ1v) is 6.18. The summed E-state index contributed by atoms with van der Waals surface area (Å²) in [7, 11) is 0. The second-order valence-electron chi connectivity index (χ2n) is 3.79. The van der Waals surface area contributed by atoms with Gasteiger partial charge in [0.2, 0.25) is 0 Å². The molecule has 8 heteroatoms. The van der Waals surface area contributed by atoms with Crippen molar-refractivity contribution >= 4 is 27.5 Å². The van der Waals surface area contributed by atoms with Gasteiger partial charge >= 0.3 is 0 Å². The molecular formula is C12H9BrN4O3. The van der Waals surface area contributed by atoms with E-state index in [0.717, 1.165) is 0 Å². The Balaban J connectivity index is 2.32. The number of nitro benzene ring substituents is 1. The number of amidine groups is 1. The minimum Gasteiger partial charge on any atom is -0.457 e. The molecule has 1 aromatic carbocycles. The normalized spacial score (nSPS) is 10.1.